The number of fused-ring (bicyclic) bond motifs is 1. The Hall–Kier alpha value is -3.99. The Morgan fingerprint density at radius 1 is 0.941 bits per heavy atom. The van der Waals surface area contributed by atoms with Gasteiger partial charge in [-0.1, -0.05) is 29.5 Å². The molecule has 10 heteroatoms. The van der Waals surface area contributed by atoms with Crippen LogP contribution < -0.4 is 21.7 Å². The maximum Gasteiger partial charge on any atom is 0.270 e. The number of nitrogens with one attached hydrogen (secondary N) is 3. The van der Waals surface area contributed by atoms with Crippen LogP contribution in [0.4, 0.5) is 21.5 Å². The smallest absolute Gasteiger partial charge is 0.270 e. The Bertz CT molecular complexity index is 1340. The molecule has 0 spiro atoms. The van der Waals surface area contributed by atoms with Gasteiger partial charge in [0.15, 0.2) is 10.8 Å². The van der Waals surface area contributed by atoms with Crippen LogP contribution in [0.2, 0.25) is 0 Å². The highest BCUT2D eigenvalue weighted by Crippen LogP contribution is 2.32. The first-order chi connectivity index (χ1) is 16.5. The van der Waals surface area contributed by atoms with Crippen molar-refractivity contribution in [1.82, 2.24) is 4.98 Å². The molecule has 3 aromatic carbocycles. The van der Waals surface area contributed by atoms with Gasteiger partial charge in [0.25, 0.3) is 11.8 Å². The van der Waals surface area contributed by atoms with Gasteiger partial charge in [-0.15, -0.1) is 0 Å². The number of primary amides is 1. The van der Waals surface area contributed by atoms with E-state index in [1.807, 2.05) is 36.4 Å². The number of hydrogen-bond donors (Lipinski definition) is 6. The van der Waals surface area contributed by atoms with Gasteiger partial charge < -0.3 is 31.9 Å². The third-order valence-corrected chi connectivity index (χ3v) is 5.90. The Labute approximate surface area is 199 Å². The maximum absolute atomic E-state index is 12.7. The molecule has 1 aromatic heterocycles. The minimum absolute atomic E-state index is 0.00370. The van der Waals surface area contributed by atoms with Crippen molar-refractivity contribution >= 4 is 55.4 Å². The summed E-state index contributed by atoms with van der Waals surface area (Å²) in [5.74, 6) is -1.16. The Morgan fingerprint density at radius 2 is 1.65 bits per heavy atom. The Balaban J connectivity index is 1.52. The van der Waals surface area contributed by atoms with E-state index in [4.69, 9.17) is 10.8 Å². The van der Waals surface area contributed by atoms with Gasteiger partial charge in [0.2, 0.25) is 0 Å². The quantitative estimate of drug-likeness (QED) is 0.217. The second kappa shape index (κ2) is 10.3. The fourth-order valence-electron chi connectivity index (χ4n) is 3.34. The summed E-state index contributed by atoms with van der Waals surface area (Å²) in [6.45, 7) is 0.388. The number of aliphatic hydroxyl groups excluding tert-OH is 2. The van der Waals surface area contributed by atoms with Crippen LogP contribution in [0.1, 0.15) is 26.4 Å². The van der Waals surface area contributed by atoms with Crippen LogP contribution in [0.3, 0.4) is 0 Å². The van der Waals surface area contributed by atoms with Gasteiger partial charge in [0.05, 0.1) is 13.2 Å². The lowest BCUT2D eigenvalue weighted by atomic mass is 10.1. The first kappa shape index (κ1) is 23.2. The summed E-state index contributed by atoms with van der Waals surface area (Å²) >= 11 is 1.10. The molecule has 0 bridgehead atoms. The molecule has 0 saturated carbocycles. The topological polar surface area (TPSA) is 150 Å². The molecule has 1 heterocycles. The number of anilines is 4. The number of nitrogens with two attached hydrogens (primary N) is 1. The van der Waals surface area contributed by atoms with Crippen molar-refractivity contribution in [3.8, 4) is 0 Å². The molecule has 0 saturated heterocycles. The van der Waals surface area contributed by atoms with Crippen LogP contribution in [0.5, 0.6) is 0 Å². The average Bonchev–Trinajstić information content (AvgIpc) is 3.24. The maximum atomic E-state index is 12.7. The van der Waals surface area contributed by atoms with Gasteiger partial charge in [0, 0.05) is 23.5 Å². The van der Waals surface area contributed by atoms with Gasteiger partial charge in [-0.05, 0) is 58.8 Å². The number of hydrogen-bond acceptors (Lipinski definition) is 8. The summed E-state index contributed by atoms with van der Waals surface area (Å²) in [4.78, 5) is 28.9. The SMILES string of the molecule is NC(=O)c1nc(Nc2ccc3cc(CO)ccc3c2)sc1NC(=O)c1ccc(NCCO)cc1. The number of benzene rings is 3. The van der Waals surface area contributed by atoms with E-state index >= 15 is 0 Å². The molecule has 0 atom stereocenters. The van der Waals surface area contributed by atoms with E-state index in [2.05, 4.69) is 20.9 Å². The molecule has 0 unspecified atom stereocenters. The van der Waals surface area contributed by atoms with Crippen molar-refractivity contribution in [3.05, 3.63) is 77.5 Å². The summed E-state index contributed by atoms with van der Waals surface area (Å²) in [6.07, 6.45) is 0. The molecule has 0 aliphatic rings. The number of aliphatic hydroxyl groups is 2. The van der Waals surface area contributed by atoms with Gasteiger partial charge >= 0.3 is 0 Å². The summed E-state index contributed by atoms with van der Waals surface area (Å²) in [7, 11) is 0. The van der Waals surface area contributed by atoms with Crippen molar-refractivity contribution in [2.45, 2.75) is 6.61 Å². The Morgan fingerprint density at radius 3 is 2.35 bits per heavy atom. The first-order valence-corrected chi connectivity index (χ1v) is 11.3. The highest BCUT2D eigenvalue weighted by atomic mass is 32.1. The van der Waals surface area contributed by atoms with Crippen molar-refractivity contribution in [2.24, 2.45) is 5.73 Å². The first-order valence-electron chi connectivity index (χ1n) is 10.4. The van der Waals surface area contributed by atoms with Crippen molar-refractivity contribution in [3.63, 3.8) is 0 Å². The van der Waals surface area contributed by atoms with Crippen LogP contribution in [-0.2, 0) is 6.61 Å². The lowest BCUT2D eigenvalue weighted by molar-refractivity contribution is 0.0997. The van der Waals surface area contributed by atoms with Crippen LogP contribution >= 0.6 is 11.3 Å². The molecular weight excluding hydrogens is 454 g/mol. The highest BCUT2D eigenvalue weighted by Gasteiger charge is 2.19. The molecule has 0 aliphatic carbocycles. The van der Waals surface area contributed by atoms with E-state index < -0.39 is 11.8 Å². The molecule has 9 nitrogen and oxygen atoms in total. The number of amides is 2. The van der Waals surface area contributed by atoms with Gasteiger partial charge in [-0.3, -0.25) is 9.59 Å². The van der Waals surface area contributed by atoms with E-state index in [1.54, 1.807) is 24.3 Å². The van der Waals surface area contributed by atoms with E-state index in [0.717, 1.165) is 39.0 Å². The third kappa shape index (κ3) is 5.31. The lowest BCUT2D eigenvalue weighted by Gasteiger charge is -2.07. The predicted octanol–water partition coefficient (Wildman–Crippen LogP) is 3.29. The highest BCUT2D eigenvalue weighted by molar-refractivity contribution is 7.20. The molecule has 4 rings (SSSR count). The molecule has 0 fully saturated rings. The molecule has 4 aromatic rings. The summed E-state index contributed by atoms with van der Waals surface area (Å²) in [5, 5.41) is 29.7. The van der Waals surface area contributed by atoms with E-state index in [1.165, 1.54) is 0 Å². The minimum Gasteiger partial charge on any atom is -0.395 e. The standard InChI is InChI=1S/C24H23N5O4S/c25-21(32)20-23(29-22(33)15-3-6-18(7-4-15)26-9-10-30)34-24(28-20)27-19-8-5-16-11-14(13-31)1-2-17(16)12-19/h1-8,11-12,26,30-31H,9-10,13H2,(H2,25,32)(H,27,28)(H,29,33). The molecule has 0 aliphatic heterocycles. The van der Waals surface area contributed by atoms with Gasteiger partial charge in [-0.2, -0.15) is 0 Å². The fraction of sp³-hybridized carbons (Fsp3) is 0.125. The molecule has 2 amide bonds. The number of rotatable bonds is 9. The summed E-state index contributed by atoms with van der Waals surface area (Å²) in [6, 6.07) is 18.1. The number of aromatic nitrogens is 1. The van der Waals surface area contributed by atoms with Crippen LogP contribution in [0, 0.1) is 0 Å². The largest absolute Gasteiger partial charge is 0.395 e. The number of carbonyl (C=O) groups is 2. The fourth-order valence-corrected chi connectivity index (χ4v) is 4.22. The van der Waals surface area contributed by atoms with Gasteiger partial charge in [-0.25, -0.2) is 4.98 Å². The van der Waals surface area contributed by atoms with Crippen molar-refractivity contribution in [1.29, 1.82) is 0 Å². The molecular formula is C24H23N5O4S. The molecule has 7 N–H and O–H groups in total. The molecule has 174 valence electrons. The van der Waals surface area contributed by atoms with Crippen LogP contribution in [0.15, 0.2) is 60.7 Å². The zero-order valence-electron chi connectivity index (χ0n) is 18.0. The summed E-state index contributed by atoms with van der Waals surface area (Å²) < 4.78 is 0. The average molecular weight is 478 g/mol. The van der Waals surface area contributed by atoms with E-state index in [0.29, 0.717) is 17.2 Å². The van der Waals surface area contributed by atoms with Crippen LogP contribution in [0.25, 0.3) is 10.8 Å². The van der Waals surface area contributed by atoms with E-state index in [-0.39, 0.29) is 23.9 Å². The van der Waals surface area contributed by atoms with Crippen molar-refractivity contribution < 1.29 is 19.8 Å². The number of thiazole rings is 1. The van der Waals surface area contributed by atoms with Gasteiger partial charge in [0.1, 0.15) is 5.00 Å². The molecule has 0 radical (unpaired) electrons. The number of carbonyl (C=O) groups excluding carboxylic acids is 2. The lowest BCUT2D eigenvalue weighted by Crippen LogP contribution is -2.17. The third-order valence-electron chi connectivity index (χ3n) is 5.01. The second-order valence-corrected chi connectivity index (χ2v) is 8.42. The monoisotopic (exact) mass is 477 g/mol. The van der Waals surface area contributed by atoms with Crippen molar-refractivity contribution in [2.75, 3.05) is 29.1 Å². The summed E-state index contributed by atoms with van der Waals surface area (Å²) in [5.41, 5.74) is 8.19. The van der Waals surface area contributed by atoms with Crippen LogP contribution in [-0.4, -0.2) is 40.2 Å². The minimum atomic E-state index is -0.752. The Kier molecular flexibility index (Phi) is 7.02. The zero-order chi connectivity index (χ0) is 24.1. The zero-order valence-corrected chi connectivity index (χ0v) is 18.9. The second-order valence-electron chi connectivity index (χ2n) is 7.42. The van der Waals surface area contributed by atoms with E-state index in [9.17, 15) is 14.7 Å². The normalized spacial score (nSPS) is 10.8. The molecule has 34 heavy (non-hydrogen) atoms. The number of nitrogens with zero attached hydrogens (tertiary/aromatic N) is 1. The predicted molar refractivity (Wildman–Crippen MR) is 134 cm³/mol.